The number of hydrogen-bond acceptors (Lipinski definition) is 6. The molecule has 0 spiro atoms. The van der Waals surface area contributed by atoms with Gasteiger partial charge in [0, 0.05) is 6.54 Å². The zero-order valence-corrected chi connectivity index (χ0v) is 11.1. The molecule has 1 fully saturated rings. The van der Waals surface area contributed by atoms with Crippen LogP contribution in [-0.4, -0.2) is 28.0 Å². The van der Waals surface area contributed by atoms with Crippen LogP contribution in [0.15, 0.2) is 10.8 Å². The van der Waals surface area contributed by atoms with Crippen LogP contribution >= 0.6 is 27.7 Å². The molecule has 4 N–H and O–H groups in total. The number of hydrogen-bond donors (Lipinski definition) is 3. The minimum absolute atomic E-state index is 0.596. The quantitative estimate of drug-likeness (QED) is 0.580. The summed E-state index contributed by atoms with van der Waals surface area (Å²) in [6, 6.07) is 0. The van der Waals surface area contributed by atoms with Crippen LogP contribution in [0.1, 0.15) is 6.42 Å². The first-order chi connectivity index (χ1) is 7.81. The van der Waals surface area contributed by atoms with Crippen molar-refractivity contribution in [2.45, 2.75) is 6.42 Å². The first-order valence-corrected chi connectivity index (χ1v) is 7.04. The molecule has 88 valence electrons. The van der Waals surface area contributed by atoms with Crippen molar-refractivity contribution in [2.24, 2.45) is 11.8 Å². The number of halogens is 1. The molecular weight excluding hydrogens is 290 g/mol. The standard InChI is InChI=1S/C9H14BrN5S/c10-7-8(13-5-14-9(7)15-11)12-3-6-1-2-16-4-6/h5-6H,1-4,11H2,(H2,12,13,14,15). The highest BCUT2D eigenvalue weighted by Crippen LogP contribution is 2.27. The molecule has 2 rings (SSSR count). The van der Waals surface area contributed by atoms with E-state index in [1.165, 1.54) is 24.3 Å². The molecule has 2 heterocycles. The van der Waals surface area contributed by atoms with Crippen LogP contribution in [0.3, 0.4) is 0 Å². The number of aromatic nitrogens is 2. The molecule has 0 amide bonds. The predicted molar refractivity (Wildman–Crippen MR) is 71.5 cm³/mol. The molecule has 5 nitrogen and oxygen atoms in total. The van der Waals surface area contributed by atoms with Gasteiger partial charge in [-0.2, -0.15) is 11.8 Å². The summed E-state index contributed by atoms with van der Waals surface area (Å²) in [5.41, 5.74) is 2.52. The average Bonchev–Trinajstić information content (AvgIpc) is 2.81. The van der Waals surface area contributed by atoms with Gasteiger partial charge >= 0.3 is 0 Å². The SMILES string of the molecule is NNc1ncnc(NCC2CCSC2)c1Br. The molecule has 1 saturated heterocycles. The van der Waals surface area contributed by atoms with Crippen molar-refractivity contribution in [1.82, 2.24) is 9.97 Å². The molecule has 1 unspecified atom stereocenters. The number of nitrogens with two attached hydrogens (primary N) is 1. The lowest BCUT2D eigenvalue weighted by molar-refractivity contribution is 0.630. The van der Waals surface area contributed by atoms with E-state index in [1.807, 2.05) is 11.8 Å². The van der Waals surface area contributed by atoms with Gasteiger partial charge in [-0.15, -0.1) is 0 Å². The Morgan fingerprint density at radius 1 is 1.50 bits per heavy atom. The van der Waals surface area contributed by atoms with Gasteiger partial charge in [0.1, 0.15) is 16.6 Å². The van der Waals surface area contributed by atoms with Gasteiger partial charge in [0.15, 0.2) is 5.82 Å². The Morgan fingerprint density at radius 3 is 3.00 bits per heavy atom. The van der Waals surface area contributed by atoms with Crippen molar-refractivity contribution in [3.8, 4) is 0 Å². The van der Waals surface area contributed by atoms with E-state index in [9.17, 15) is 0 Å². The van der Waals surface area contributed by atoms with Crippen molar-refractivity contribution < 1.29 is 0 Å². The summed E-state index contributed by atoms with van der Waals surface area (Å²) >= 11 is 5.43. The van der Waals surface area contributed by atoms with E-state index < -0.39 is 0 Å². The summed E-state index contributed by atoms with van der Waals surface area (Å²) in [6.45, 7) is 0.951. The molecular formula is C9H14BrN5S. The van der Waals surface area contributed by atoms with Crippen LogP contribution in [-0.2, 0) is 0 Å². The number of nitrogens with one attached hydrogen (secondary N) is 2. The van der Waals surface area contributed by atoms with Crippen molar-refractivity contribution >= 4 is 39.3 Å². The maximum atomic E-state index is 5.34. The Balaban J connectivity index is 1.97. The number of thioether (sulfide) groups is 1. The maximum Gasteiger partial charge on any atom is 0.159 e. The van der Waals surface area contributed by atoms with Gasteiger partial charge in [-0.05, 0) is 39.8 Å². The first kappa shape index (κ1) is 11.9. The highest BCUT2D eigenvalue weighted by Gasteiger charge is 2.16. The molecule has 7 heteroatoms. The maximum absolute atomic E-state index is 5.34. The zero-order chi connectivity index (χ0) is 11.4. The van der Waals surface area contributed by atoms with Gasteiger partial charge in [0.25, 0.3) is 0 Å². The topological polar surface area (TPSA) is 75.9 Å². The lowest BCUT2D eigenvalue weighted by atomic mass is 10.1. The van der Waals surface area contributed by atoms with Crippen LogP contribution in [0.25, 0.3) is 0 Å². The number of hydrazine groups is 1. The average molecular weight is 304 g/mol. The molecule has 0 saturated carbocycles. The summed E-state index contributed by atoms with van der Waals surface area (Å²) in [6.07, 6.45) is 2.77. The van der Waals surface area contributed by atoms with Crippen molar-refractivity contribution in [2.75, 3.05) is 28.8 Å². The molecule has 1 aliphatic heterocycles. The van der Waals surface area contributed by atoms with Crippen molar-refractivity contribution in [3.63, 3.8) is 0 Å². The van der Waals surface area contributed by atoms with Gasteiger partial charge in [-0.25, -0.2) is 15.8 Å². The number of nitrogens with zero attached hydrogens (tertiary/aromatic N) is 2. The van der Waals surface area contributed by atoms with E-state index in [0.717, 1.165) is 22.8 Å². The molecule has 1 aromatic rings. The number of anilines is 2. The normalized spacial score (nSPS) is 19.8. The molecule has 1 atom stereocenters. The number of nitrogen functional groups attached to an aromatic ring is 1. The Kier molecular flexibility index (Phi) is 4.25. The van der Waals surface area contributed by atoms with E-state index in [-0.39, 0.29) is 0 Å². The van der Waals surface area contributed by atoms with Crippen LogP contribution in [0, 0.1) is 5.92 Å². The third-order valence-corrected chi connectivity index (χ3v) is 4.49. The molecule has 1 aliphatic rings. The molecule has 1 aromatic heterocycles. The van der Waals surface area contributed by atoms with Crippen molar-refractivity contribution in [1.29, 1.82) is 0 Å². The van der Waals surface area contributed by atoms with E-state index in [1.54, 1.807) is 0 Å². The molecule has 16 heavy (non-hydrogen) atoms. The third kappa shape index (κ3) is 2.78. The smallest absolute Gasteiger partial charge is 0.159 e. The van der Waals surface area contributed by atoms with E-state index in [0.29, 0.717) is 5.82 Å². The first-order valence-electron chi connectivity index (χ1n) is 5.10. The second kappa shape index (κ2) is 5.70. The van der Waals surface area contributed by atoms with Gasteiger partial charge < -0.3 is 10.7 Å². The zero-order valence-electron chi connectivity index (χ0n) is 8.74. The lowest BCUT2D eigenvalue weighted by Gasteiger charge is -2.12. The largest absolute Gasteiger partial charge is 0.369 e. The minimum Gasteiger partial charge on any atom is -0.369 e. The second-order valence-corrected chi connectivity index (χ2v) is 5.58. The Labute approximate surface area is 107 Å². The third-order valence-electron chi connectivity index (χ3n) is 2.51. The Morgan fingerprint density at radius 2 is 2.31 bits per heavy atom. The number of rotatable bonds is 4. The predicted octanol–water partition coefficient (Wildman–Crippen LogP) is 1.69. The minimum atomic E-state index is 0.596. The fraction of sp³-hybridized carbons (Fsp3) is 0.556. The van der Waals surface area contributed by atoms with Crippen LogP contribution in [0.2, 0.25) is 0 Å². The van der Waals surface area contributed by atoms with E-state index in [4.69, 9.17) is 5.84 Å². The van der Waals surface area contributed by atoms with Crippen molar-refractivity contribution in [3.05, 3.63) is 10.8 Å². The molecule has 0 aliphatic carbocycles. The summed E-state index contributed by atoms with van der Waals surface area (Å²) in [5, 5.41) is 3.32. The molecule has 0 radical (unpaired) electrons. The van der Waals surface area contributed by atoms with Gasteiger partial charge in [-0.3, -0.25) is 0 Å². The van der Waals surface area contributed by atoms with Gasteiger partial charge in [0.05, 0.1) is 0 Å². The Bertz CT molecular complexity index is 356. The Hall–Kier alpha value is -0.530. The highest BCUT2D eigenvalue weighted by molar-refractivity contribution is 9.10. The van der Waals surface area contributed by atoms with Gasteiger partial charge in [-0.1, -0.05) is 0 Å². The van der Waals surface area contributed by atoms with Crippen LogP contribution in [0.5, 0.6) is 0 Å². The summed E-state index contributed by atoms with van der Waals surface area (Å²) < 4.78 is 0.781. The summed E-state index contributed by atoms with van der Waals surface area (Å²) in [4.78, 5) is 8.18. The lowest BCUT2D eigenvalue weighted by Crippen LogP contribution is -2.16. The summed E-state index contributed by atoms with van der Waals surface area (Å²) in [7, 11) is 0. The van der Waals surface area contributed by atoms with Crippen LogP contribution in [0.4, 0.5) is 11.6 Å². The monoisotopic (exact) mass is 303 g/mol. The highest BCUT2D eigenvalue weighted by atomic mass is 79.9. The van der Waals surface area contributed by atoms with Crippen LogP contribution < -0.4 is 16.6 Å². The molecule has 0 aromatic carbocycles. The van der Waals surface area contributed by atoms with E-state index >= 15 is 0 Å². The fourth-order valence-corrected chi connectivity index (χ4v) is 3.32. The molecule has 0 bridgehead atoms. The van der Waals surface area contributed by atoms with Gasteiger partial charge in [0.2, 0.25) is 0 Å². The second-order valence-electron chi connectivity index (χ2n) is 3.64. The summed E-state index contributed by atoms with van der Waals surface area (Å²) in [5.74, 6) is 9.97. The fourth-order valence-electron chi connectivity index (χ4n) is 1.58. The van der Waals surface area contributed by atoms with E-state index in [2.05, 4.69) is 36.6 Å².